The highest BCUT2D eigenvalue weighted by atomic mass is 16.6. The van der Waals surface area contributed by atoms with E-state index in [0.29, 0.717) is 13.0 Å². The molecule has 0 bridgehead atoms. The van der Waals surface area contributed by atoms with Gasteiger partial charge in [-0.3, -0.25) is 9.59 Å². The number of nitrogens with one attached hydrogen (secondary N) is 2. The second kappa shape index (κ2) is 16.3. The lowest BCUT2D eigenvalue weighted by Crippen LogP contribution is -2.55. The highest BCUT2D eigenvalue weighted by Crippen LogP contribution is 2.29. The fraction of sp³-hybridized carbons (Fsp3) is 0.571. The van der Waals surface area contributed by atoms with Crippen LogP contribution in [0.1, 0.15) is 108 Å². The van der Waals surface area contributed by atoms with Crippen LogP contribution in [0.5, 0.6) is 0 Å². The number of rotatable bonds is 14. The van der Waals surface area contributed by atoms with Gasteiger partial charge < -0.3 is 20.3 Å². The number of carbonyl (C=O) groups is 3. The summed E-state index contributed by atoms with van der Waals surface area (Å²) in [6.07, 6.45) is 5.03. The molecule has 0 aliphatic carbocycles. The molecular weight excluding hydrogens is 526 g/mol. The van der Waals surface area contributed by atoms with Gasteiger partial charge in [0, 0.05) is 12.2 Å². The molecule has 0 aromatic heterocycles. The Hall–Kier alpha value is -3.35. The highest BCUT2D eigenvalue weighted by molar-refractivity contribution is 6.00. The summed E-state index contributed by atoms with van der Waals surface area (Å²) in [5.41, 5.74) is 3.68. The number of hydrogen-bond acceptors (Lipinski definition) is 4. The first kappa shape index (κ1) is 34.8. The average Bonchev–Trinajstić information content (AvgIpc) is 2.91. The smallest absolute Gasteiger partial charge is 0.408 e. The monoisotopic (exact) mass is 579 g/mol. The molecule has 0 fully saturated rings. The summed E-state index contributed by atoms with van der Waals surface area (Å²) in [7, 11) is 0. The molecule has 0 radical (unpaired) electrons. The molecule has 3 atom stereocenters. The zero-order valence-electron chi connectivity index (χ0n) is 27.3. The summed E-state index contributed by atoms with van der Waals surface area (Å²) >= 11 is 0. The second-order valence-corrected chi connectivity index (χ2v) is 12.5. The minimum atomic E-state index is -0.880. The third-order valence-electron chi connectivity index (χ3n) is 7.58. The quantitative estimate of drug-likeness (QED) is 0.222. The molecule has 0 heterocycles. The standard InChI is InChI=1S/C35H53N3O4/c1-10-12-13-14-15-22-38(33(40)30(25(4)11-2)37-34(41)42-35(7,8)9)31(28-21-16-18-24(3)23-28)32(39)36-29-26(5)19-17-20-27(29)6/h16-21,23,25,30-31H,10-15,22H2,1-9H3,(H,36,39)(H,37,41). The molecular formula is C35H53N3O4. The van der Waals surface area contributed by atoms with Crippen LogP contribution in [0.3, 0.4) is 0 Å². The van der Waals surface area contributed by atoms with Gasteiger partial charge in [-0.2, -0.15) is 0 Å². The third-order valence-corrected chi connectivity index (χ3v) is 7.58. The molecule has 0 aliphatic heterocycles. The number of para-hydroxylation sites is 1. The molecule has 2 N–H and O–H groups in total. The van der Waals surface area contributed by atoms with E-state index in [0.717, 1.165) is 60.0 Å². The van der Waals surface area contributed by atoms with Gasteiger partial charge in [0.15, 0.2) is 0 Å². The minimum absolute atomic E-state index is 0.174. The van der Waals surface area contributed by atoms with Gasteiger partial charge in [0.1, 0.15) is 17.7 Å². The number of aryl methyl sites for hydroxylation is 3. The lowest BCUT2D eigenvalue weighted by atomic mass is 9.95. The molecule has 3 amide bonds. The first-order valence-corrected chi connectivity index (χ1v) is 15.5. The summed E-state index contributed by atoms with van der Waals surface area (Å²) in [4.78, 5) is 43.4. The Bertz CT molecular complexity index is 1170. The maximum atomic E-state index is 14.5. The normalized spacial score (nSPS) is 13.5. The summed E-state index contributed by atoms with van der Waals surface area (Å²) in [5, 5.41) is 6.01. The summed E-state index contributed by atoms with van der Waals surface area (Å²) in [6, 6.07) is 11.9. The van der Waals surface area contributed by atoms with Crippen molar-refractivity contribution in [2.75, 3.05) is 11.9 Å². The number of benzene rings is 2. The van der Waals surface area contributed by atoms with Gasteiger partial charge in [-0.05, 0) is 70.6 Å². The maximum absolute atomic E-state index is 14.5. The Morgan fingerprint density at radius 1 is 0.905 bits per heavy atom. The zero-order chi connectivity index (χ0) is 31.4. The predicted octanol–water partition coefficient (Wildman–Crippen LogP) is 8.03. The molecule has 3 unspecified atom stereocenters. The van der Waals surface area contributed by atoms with Crippen LogP contribution >= 0.6 is 0 Å². The average molecular weight is 580 g/mol. The molecule has 7 nitrogen and oxygen atoms in total. The van der Waals surface area contributed by atoms with Crippen LogP contribution in [0.2, 0.25) is 0 Å². The van der Waals surface area contributed by atoms with Crippen molar-refractivity contribution in [1.82, 2.24) is 10.2 Å². The topological polar surface area (TPSA) is 87.7 Å². The van der Waals surface area contributed by atoms with E-state index >= 15 is 0 Å². The van der Waals surface area contributed by atoms with Crippen molar-refractivity contribution in [3.63, 3.8) is 0 Å². The van der Waals surface area contributed by atoms with Crippen LogP contribution in [0.25, 0.3) is 0 Å². The van der Waals surface area contributed by atoms with Crippen molar-refractivity contribution in [3.8, 4) is 0 Å². The number of nitrogens with zero attached hydrogens (tertiary/aromatic N) is 1. The van der Waals surface area contributed by atoms with Crippen LogP contribution in [0, 0.1) is 26.7 Å². The second-order valence-electron chi connectivity index (χ2n) is 12.5. The Morgan fingerprint density at radius 2 is 1.52 bits per heavy atom. The molecule has 0 saturated carbocycles. The molecule has 2 aromatic carbocycles. The lowest BCUT2D eigenvalue weighted by molar-refractivity contribution is -0.142. The minimum Gasteiger partial charge on any atom is -0.444 e. The number of unbranched alkanes of at least 4 members (excludes halogenated alkanes) is 4. The summed E-state index contributed by atoms with van der Waals surface area (Å²) in [5.74, 6) is -0.735. The number of ether oxygens (including phenoxy) is 1. The number of carbonyl (C=O) groups excluding carboxylic acids is 3. The van der Waals surface area contributed by atoms with Crippen molar-refractivity contribution >= 4 is 23.6 Å². The molecule has 42 heavy (non-hydrogen) atoms. The zero-order valence-corrected chi connectivity index (χ0v) is 27.3. The van der Waals surface area contributed by atoms with Crippen LogP contribution in [0.4, 0.5) is 10.5 Å². The fourth-order valence-electron chi connectivity index (χ4n) is 5.06. The molecule has 0 aliphatic rings. The van der Waals surface area contributed by atoms with Crippen LogP contribution in [-0.4, -0.2) is 41.0 Å². The molecule has 232 valence electrons. The van der Waals surface area contributed by atoms with E-state index in [9.17, 15) is 14.4 Å². The Labute approximate surface area is 253 Å². The van der Waals surface area contributed by atoms with E-state index in [1.807, 2.05) is 77.1 Å². The Balaban J connectivity index is 2.59. The van der Waals surface area contributed by atoms with Crippen molar-refractivity contribution in [2.45, 2.75) is 119 Å². The Morgan fingerprint density at radius 3 is 2.10 bits per heavy atom. The molecule has 2 aromatic rings. The highest BCUT2D eigenvalue weighted by Gasteiger charge is 2.38. The number of anilines is 1. The lowest BCUT2D eigenvalue weighted by Gasteiger charge is -2.36. The van der Waals surface area contributed by atoms with E-state index in [2.05, 4.69) is 17.6 Å². The van der Waals surface area contributed by atoms with Gasteiger partial charge in [-0.15, -0.1) is 0 Å². The van der Waals surface area contributed by atoms with Crippen molar-refractivity contribution in [3.05, 3.63) is 64.7 Å². The predicted molar refractivity (Wildman–Crippen MR) is 172 cm³/mol. The van der Waals surface area contributed by atoms with Gasteiger partial charge in [-0.1, -0.05) is 101 Å². The van der Waals surface area contributed by atoms with E-state index in [1.54, 1.807) is 25.7 Å². The van der Waals surface area contributed by atoms with Crippen molar-refractivity contribution < 1.29 is 19.1 Å². The number of hydrogen-bond donors (Lipinski definition) is 2. The van der Waals surface area contributed by atoms with E-state index in [-0.39, 0.29) is 17.7 Å². The maximum Gasteiger partial charge on any atom is 0.408 e. The van der Waals surface area contributed by atoms with Crippen LogP contribution < -0.4 is 10.6 Å². The largest absolute Gasteiger partial charge is 0.444 e. The van der Waals surface area contributed by atoms with E-state index < -0.39 is 23.8 Å². The van der Waals surface area contributed by atoms with E-state index in [1.165, 1.54) is 0 Å². The van der Waals surface area contributed by atoms with Gasteiger partial charge in [-0.25, -0.2) is 4.79 Å². The van der Waals surface area contributed by atoms with Crippen molar-refractivity contribution in [2.24, 2.45) is 5.92 Å². The summed E-state index contributed by atoms with van der Waals surface area (Å²) < 4.78 is 5.53. The van der Waals surface area contributed by atoms with Crippen LogP contribution in [-0.2, 0) is 14.3 Å². The number of alkyl carbamates (subject to hydrolysis) is 1. The molecule has 0 spiro atoms. The van der Waals surface area contributed by atoms with Gasteiger partial charge in [0.25, 0.3) is 5.91 Å². The van der Waals surface area contributed by atoms with Crippen LogP contribution in [0.15, 0.2) is 42.5 Å². The third kappa shape index (κ3) is 10.5. The molecule has 2 rings (SSSR count). The number of amides is 3. The molecule has 0 saturated heterocycles. The van der Waals surface area contributed by atoms with E-state index in [4.69, 9.17) is 4.74 Å². The van der Waals surface area contributed by atoms with Crippen molar-refractivity contribution in [1.29, 1.82) is 0 Å². The summed E-state index contributed by atoms with van der Waals surface area (Å²) in [6.45, 7) is 17.8. The Kier molecular flexibility index (Phi) is 13.5. The fourth-order valence-corrected chi connectivity index (χ4v) is 5.06. The SMILES string of the molecule is CCCCCCCN(C(=O)C(NC(=O)OC(C)(C)C)C(C)CC)C(C(=O)Nc1c(C)cccc1C)c1cccc(C)c1. The van der Waals surface area contributed by atoms with Gasteiger partial charge in [0.05, 0.1) is 0 Å². The first-order chi connectivity index (χ1) is 19.8. The van der Waals surface area contributed by atoms with Gasteiger partial charge >= 0.3 is 6.09 Å². The molecule has 7 heteroatoms. The van der Waals surface area contributed by atoms with Gasteiger partial charge in [0.2, 0.25) is 5.91 Å². The first-order valence-electron chi connectivity index (χ1n) is 15.5.